The van der Waals surface area contributed by atoms with Crippen LogP contribution >= 0.6 is 0 Å². The van der Waals surface area contributed by atoms with Crippen LogP contribution in [0.1, 0.15) is 59.8 Å². The molecule has 1 saturated carbocycles. The molecular weight excluding hydrogens is 212 g/mol. The number of allylic oxidation sites excluding steroid dienone is 2. The minimum absolute atomic E-state index is 0.149. The maximum absolute atomic E-state index is 12.0. The molecule has 3 atom stereocenters. The summed E-state index contributed by atoms with van der Waals surface area (Å²) in [6.07, 6.45) is 6.22. The molecule has 1 N–H and O–H groups in total. The summed E-state index contributed by atoms with van der Waals surface area (Å²) < 4.78 is 0. The summed E-state index contributed by atoms with van der Waals surface area (Å²) in [6, 6.07) is 0. The zero-order valence-electron chi connectivity index (χ0n) is 11.6. The molecular formula is C15H26O2. The molecule has 17 heavy (non-hydrogen) atoms. The summed E-state index contributed by atoms with van der Waals surface area (Å²) in [5.74, 6) is 0.600. The lowest BCUT2D eigenvalue weighted by Crippen LogP contribution is -2.42. The van der Waals surface area contributed by atoms with Crippen LogP contribution in [-0.2, 0) is 4.79 Å². The van der Waals surface area contributed by atoms with Gasteiger partial charge in [0.05, 0.1) is 5.60 Å². The Labute approximate surface area is 105 Å². The van der Waals surface area contributed by atoms with Gasteiger partial charge in [-0.3, -0.25) is 4.79 Å². The molecule has 0 saturated heterocycles. The van der Waals surface area contributed by atoms with Gasteiger partial charge in [0.25, 0.3) is 0 Å². The topological polar surface area (TPSA) is 37.3 Å². The van der Waals surface area contributed by atoms with Crippen molar-refractivity contribution in [3.05, 3.63) is 11.6 Å². The molecule has 0 aromatic rings. The first-order valence-electron chi connectivity index (χ1n) is 6.71. The molecule has 98 valence electrons. The highest BCUT2D eigenvalue weighted by molar-refractivity contribution is 5.83. The summed E-state index contributed by atoms with van der Waals surface area (Å²) in [4.78, 5) is 12.0. The molecule has 0 amide bonds. The van der Waals surface area contributed by atoms with Crippen molar-refractivity contribution < 1.29 is 9.90 Å². The van der Waals surface area contributed by atoms with Crippen LogP contribution in [-0.4, -0.2) is 16.5 Å². The van der Waals surface area contributed by atoms with E-state index >= 15 is 0 Å². The predicted octanol–water partition coefficient (Wildman–Crippen LogP) is 3.49. The molecule has 0 aromatic carbocycles. The number of carbonyl (C=O) groups is 1. The summed E-state index contributed by atoms with van der Waals surface area (Å²) >= 11 is 0. The zero-order chi connectivity index (χ0) is 13.1. The maximum Gasteiger partial charge on any atom is 0.139 e. The summed E-state index contributed by atoms with van der Waals surface area (Å²) in [7, 11) is 0. The second kappa shape index (κ2) is 5.81. The van der Waals surface area contributed by atoms with E-state index in [2.05, 4.69) is 26.8 Å². The van der Waals surface area contributed by atoms with Crippen molar-refractivity contribution in [2.45, 2.75) is 65.4 Å². The molecule has 0 bridgehead atoms. The van der Waals surface area contributed by atoms with Gasteiger partial charge in [-0.2, -0.15) is 0 Å². The monoisotopic (exact) mass is 238 g/mol. The Morgan fingerprint density at radius 1 is 1.47 bits per heavy atom. The standard InChI is InChI=1S/C15H26O2/c1-11(2)6-5-9-15(4,17)13-8-7-12(3)10-14(13)16/h6,12-13,17H,5,7-10H2,1-4H3/t12-,13-,15+/m1/s1. The minimum atomic E-state index is -0.830. The van der Waals surface area contributed by atoms with Gasteiger partial charge in [0, 0.05) is 12.3 Å². The molecule has 0 aromatic heterocycles. The lowest BCUT2D eigenvalue weighted by atomic mass is 9.72. The van der Waals surface area contributed by atoms with Gasteiger partial charge in [0.1, 0.15) is 5.78 Å². The summed E-state index contributed by atoms with van der Waals surface area (Å²) in [6.45, 7) is 8.06. The number of hydrogen-bond acceptors (Lipinski definition) is 2. The van der Waals surface area contributed by atoms with Crippen LogP contribution in [0, 0.1) is 11.8 Å². The fourth-order valence-electron chi connectivity index (χ4n) is 2.69. The molecule has 1 aliphatic carbocycles. The van der Waals surface area contributed by atoms with E-state index in [1.165, 1.54) is 5.57 Å². The lowest BCUT2D eigenvalue weighted by Gasteiger charge is -2.36. The Morgan fingerprint density at radius 3 is 2.65 bits per heavy atom. The lowest BCUT2D eigenvalue weighted by molar-refractivity contribution is -0.136. The van der Waals surface area contributed by atoms with E-state index in [4.69, 9.17) is 0 Å². The van der Waals surface area contributed by atoms with Crippen LogP contribution in [0.3, 0.4) is 0 Å². The molecule has 0 heterocycles. The third-order valence-corrected chi connectivity index (χ3v) is 3.84. The molecule has 0 spiro atoms. The summed E-state index contributed by atoms with van der Waals surface area (Å²) in [5, 5.41) is 10.5. The Hall–Kier alpha value is -0.630. The SMILES string of the molecule is CC(C)=CCC[C@](C)(O)[C@@H]1CC[C@@H](C)CC1=O. The molecule has 1 rings (SSSR count). The summed E-state index contributed by atoms with van der Waals surface area (Å²) in [5.41, 5.74) is 0.438. The first-order valence-corrected chi connectivity index (χ1v) is 6.71. The number of ketones is 1. The first kappa shape index (κ1) is 14.4. The van der Waals surface area contributed by atoms with Gasteiger partial charge >= 0.3 is 0 Å². The average Bonchev–Trinajstić information content (AvgIpc) is 2.15. The molecule has 0 aliphatic heterocycles. The Balaban J connectivity index is 2.57. The third-order valence-electron chi connectivity index (χ3n) is 3.84. The zero-order valence-corrected chi connectivity index (χ0v) is 11.6. The molecule has 1 aliphatic rings. The van der Waals surface area contributed by atoms with E-state index in [9.17, 15) is 9.90 Å². The van der Waals surface area contributed by atoms with Crippen LogP contribution in [0.5, 0.6) is 0 Å². The highest BCUT2D eigenvalue weighted by Crippen LogP contribution is 2.35. The van der Waals surface area contributed by atoms with Crippen molar-refractivity contribution in [3.8, 4) is 0 Å². The number of hydrogen-bond donors (Lipinski definition) is 1. The van der Waals surface area contributed by atoms with Gasteiger partial charge in [0.2, 0.25) is 0 Å². The van der Waals surface area contributed by atoms with E-state index in [0.29, 0.717) is 18.8 Å². The van der Waals surface area contributed by atoms with Crippen LogP contribution in [0.15, 0.2) is 11.6 Å². The van der Waals surface area contributed by atoms with E-state index in [-0.39, 0.29) is 11.7 Å². The van der Waals surface area contributed by atoms with Crippen molar-refractivity contribution in [1.29, 1.82) is 0 Å². The largest absolute Gasteiger partial charge is 0.389 e. The number of carbonyl (C=O) groups excluding carboxylic acids is 1. The van der Waals surface area contributed by atoms with Crippen LogP contribution in [0.2, 0.25) is 0 Å². The highest BCUT2D eigenvalue weighted by atomic mass is 16.3. The third kappa shape index (κ3) is 4.27. The molecule has 0 unspecified atom stereocenters. The van der Waals surface area contributed by atoms with E-state index in [1.807, 2.05) is 6.92 Å². The van der Waals surface area contributed by atoms with Gasteiger partial charge in [-0.05, 0) is 52.4 Å². The van der Waals surface area contributed by atoms with Crippen molar-refractivity contribution in [1.82, 2.24) is 0 Å². The van der Waals surface area contributed by atoms with E-state index in [1.54, 1.807) is 0 Å². The van der Waals surface area contributed by atoms with Crippen molar-refractivity contribution >= 4 is 5.78 Å². The quantitative estimate of drug-likeness (QED) is 0.761. The Bertz CT molecular complexity index is 298. The van der Waals surface area contributed by atoms with Gasteiger partial charge in [-0.25, -0.2) is 0 Å². The average molecular weight is 238 g/mol. The van der Waals surface area contributed by atoms with Crippen LogP contribution in [0.25, 0.3) is 0 Å². The maximum atomic E-state index is 12.0. The normalized spacial score (nSPS) is 28.6. The number of rotatable bonds is 4. The first-order chi connectivity index (χ1) is 7.83. The van der Waals surface area contributed by atoms with Gasteiger partial charge in [0.15, 0.2) is 0 Å². The fraction of sp³-hybridized carbons (Fsp3) is 0.800. The smallest absolute Gasteiger partial charge is 0.139 e. The van der Waals surface area contributed by atoms with Crippen LogP contribution in [0.4, 0.5) is 0 Å². The second-order valence-corrected chi connectivity index (χ2v) is 6.08. The molecule has 2 heteroatoms. The minimum Gasteiger partial charge on any atom is -0.389 e. The second-order valence-electron chi connectivity index (χ2n) is 6.08. The highest BCUT2D eigenvalue weighted by Gasteiger charge is 2.39. The van der Waals surface area contributed by atoms with Crippen molar-refractivity contribution in [2.75, 3.05) is 0 Å². The van der Waals surface area contributed by atoms with Gasteiger partial charge in [-0.15, -0.1) is 0 Å². The van der Waals surface area contributed by atoms with E-state index < -0.39 is 5.60 Å². The number of aliphatic hydroxyl groups is 1. The van der Waals surface area contributed by atoms with Gasteiger partial charge in [-0.1, -0.05) is 18.6 Å². The molecule has 0 radical (unpaired) electrons. The Morgan fingerprint density at radius 2 is 2.12 bits per heavy atom. The van der Waals surface area contributed by atoms with Crippen molar-refractivity contribution in [3.63, 3.8) is 0 Å². The van der Waals surface area contributed by atoms with Crippen LogP contribution < -0.4 is 0 Å². The van der Waals surface area contributed by atoms with E-state index in [0.717, 1.165) is 19.3 Å². The molecule has 1 fully saturated rings. The van der Waals surface area contributed by atoms with Crippen molar-refractivity contribution in [2.24, 2.45) is 11.8 Å². The fourth-order valence-corrected chi connectivity index (χ4v) is 2.69. The number of Topliss-reactive ketones (excluding diaryl/α,β-unsaturated/α-hetero) is 1. The van der Waals surface area contributed by atoms with Gasteiger partial charge < -0.3 is 5.11 Å². The molecule has 2 nitrogen and oxygen atoms in total. The predicted molar refractivity (Wildman–Crippen MR) is 70.8 cm³/mol. The Kier molecular flexibility index (Phi) is 4.93.